The highest BCUT2D eigenvalue weighted by atomic mass is 79.9. The Kier molecular flexibility index (Phi) is 7.11. The van der Waals surface area contributed by atoms with Crippen LogP contribution < -0.4 is 5.73 Å². The smallest absolute Gasteiger partial charge is 0.338 e. The van der Waals surface area contributed by atoms with E-state index in [0.29, 0.717) is 6.42 Å². The standard InChI is InChI=1S/C19H18BrClF3N3O2S/c20-16-4-2-12(30-16)10-15(25)18(29)27-7-5-26(6-8-27)17(28)13-9-11(21)1-3-14(13)19(22,23)24/h1-4,9,15H,5-8,10,25H2. The molecule has 2 aromatic rings. The third-order valence-electron chi connectivity index (χ3n) is 4.76. The Balaban J connectivity index is 1.63. The number of hydrogen-bond donors (Lipinski definition) is 1. The lowest BCUT2D eigenvalue weighted by molar-refractivity contribution is -0.138. The van der Waals surface area contributed by atoms with E-state index >= 15 is 0 Å². The van der Waals surface area contributed by atoms with Gasteiger partial charge in [0.1, 0.15) is 0 Å². The van der Waals surface area contributed by atoms with Crippen molar-refractivity contribution < 1.29 is 22.8 Å². The number of alkyl halides is 3. The largest absolute Gasteiger partial charge is 0.417 e. The molecular formula is C19H18BrClF3N3O2S. The first kappa shape index (κ1) is 23.1. The van der Waals surface area contributed by atoms with Gasteiger partial charge >= 0.3 is 6.18 Å². The number of piperazine rings is 1. The first-order valence-corrected chi connectivity index (χ1v) is 11.0. The lowest BCUT2D eigenvalue weighted by Gasteiger charge is -2.36. The van der Waals surface area contributed by atoms with Crippen molar-refractivity contribution in [3.63, 3.8) is 0 Å². The van der Waals surface area contributed by atoms with Gasteiger partial charge in [0.15, 0.2) is 0 Å². The minimum absolute atomic E-state index is 0.0475. The zero-order valence-corrected chi connectivity index (χ0v) is 18.7. The molecule has 3 rings (SSSR count). The number of thiophene rings is 1. The van der Waals surface area contributed by atoms with Crippen LogP contribution in [0.5, 0.6) is 0 Å². The van der Waals surface area contributed by atoms with Crippen LogP contribution in [0.25, 0.3) is 0 Å². The SMILES string of the molecule is NC(Cc1ccc(Br)s1)C(=O)N1CCN(C(=O)c2cc(Cl)ccc2C(F)(F)F)CC1. The van der Waals surface area contributed by atoms with E-state index in [-0.39, 0.29) is 37.1 Å². The Morgan fingerprint density at radius 2 is 1.77 bits per heavy atom. The van der Waals surface area contributed by atoms with Gasteiger partial charge in [0.25, 0.3) is 5.91 Å². The van der Waals surface area contributed by atoms with E-state index in [1.807, 2.05) is 12.1 Å². The second kappa shape index (κ2) is 9.25. The highest BCUT2D eigenvalue weighted by Gasteiger charge is 2.37. The van der Waals surface area contributed by atoms with Crippen LogP contribution in [-0.2, 0) is 17.4 Å². The molecule has 2 N–H and O–H groups in total. The molecule has 1 saturated heterocycles. The van der Waals surface area contributed by atoms with Gasteiger partial charge in [-0.1, -0.05) is 11.6 Å². The van der Waals surface area contributed by atoms with E-state index in [9.17, 15) is 22.8 Å². The van der Waals surface area contributed by atoms with Crippen molar-refractivity contribution in [3.05, 3.63) is 55.1 Å². The van der Waals surface area contributed by atoms with Gasteiger partial charge < -0.3 is 15.5 Å². The number of rotatable bonds is 4. The second-order valence-corrected chi connectivity index (χ2v) is 9.81. The van der Waals surface area contributed by atoms with E-state index in [0.717, 1.165) is 26.9 Å². The maximum absolute atomic E-state index is 13.3. The Labute approximate surface area is 188 Å². The molecule has 162 valence electrons. The van der Waals surface area contributed by atoms with Crippen molar-refractivity contribution in [2.45, 2.75) is 18.6 Å². The minimum Gasteiger partial charge on any atom is -0.338 e. The monoisotopic (exact) mass is 523 g/mol. The van der Waals surface area contributed by atoms with E-state index in [4.69, 9.17) is 17.3 Å². The number of hydrogen-bond acceptors (Lipinski definition) is 4. The average Bonchev–Trinajstić information content (AvgIpc) is 3.10. The number of carbonyl (C=O) groups excluding carboxylic acids is 2. The van der Waals surface area contributed by atoms with E-state index < -0.39 is 29.3 Å². The summed E-state index contributed by atoms with van der Waals surface area (Å²) in [6.07, 6.45) is -4.28. The fourth-order valence-corrected chi connectivity index (χ4v) is 4.95. The zero-order valence-electron chi connectivity index (χ0n) is 15.6. The van der Waals surface area contributed by atoms with Crippen molar-refractivity contribution in [2.75, 3.05) is 26.2 Å². The molecule has 1 unspecified atom stereocenters. The van der Waals surface area contributed by atoms with Crippen LogP contribution in [0, 0.1) is 0 Å². The van der Waals surface area contributed by atoms with Crippen LogP contribution in [-0.4, -0.2) is 53.8 Å². The van der Waals surface area contributed by atoms with Gasteiger partial charge in [-0.05, 0) is 46.3 Å². The predicted octanol–water partition coefficient (Wildman–Crippen LogP) is 4.04. The summed E-state index contributed by atoms with van der Waals surface area (Å²) in [5, 5.41) is 0.0475. The summed E-state index contributed by atoms with van der Waals surface area (Å²) in [6, 6.07) is 5.98. The molecule has 1 aromatic carbocycles. The van der Waals surface area contributed by atoms with Crippen molar-refractivity contribution in [1.82, 2.24) is 9.80 Å². The lowest BCUT2D eigenvalue weighted by Crippen LogP contribution is -2.54. The molecular weight excluding hydrogens is 507 g/mol. The number of halogens is 5. The molecule has 1 aliphatic heterocycles. The van der Waals surface area contributed by atoms with Crippen LogP contribution in [0.3, 0.4) is 0 Å². The second-order valence-electron chi connectivity index (χ2n) is 6.82. The summed E-state index contributed by atoms with van der Waals surface area (Å²) in [5.74, 6) is -1.00. The van der Waals surface area contributed by atoms with Gasteiger partial charge in [0.2, 0.25) is 5.91 Å². The van der Waals surface area contributed by atoms with Crippen LogP contribution in [0.1, 0.15) is 20.8 Å². The molecule has 0 spiro atoms. The molecule has 0 radical (unpaired) electrons. The molecule has 1 aromatic heterocycles. The van der Waals surface area contributed by atoms with E-state index in [1.54, 1.807) is 4.90 Å². The average molecular weight is 525 g/mol. The van der Waals surface area contributed by atoms with Crippen LogP contribution in [0.15, 0.2) is 34.1 Å². The summed E-state index contributed by atoms with van der Waals surface area (Å²) in [5.41, 5.74) is 4.52. The number of nitrogens with two attached hydrogens (primary N) is 1. The maximum Gasteiger partial charge on any atom is 0.417 e. The van der Waals surface area contributed by atoms with Crippen LogP contribution in [0.4, 0.5) is 13.2 Å². The first-order chi connectivity index (χ1) is 14.1. The fraction of sp³-hybridized carbons (Fsp3) is 0.368. The van der Waals surface area contributed by atoms with Gasteiger partial charge in [-0.15, -0.1) is 11.3 Å². The van der Waals surface area contributed by atoms with Gasteiger partial charge in [0.05, 0.1) is 21.0 Å². The summed E-state index contributed by atoms with van der Waals surface area (Å²) in [4.78, 5) is 29.1. The topological polar surface area (TPSA) is 66.6 Å². The lowest BCUT2D eigenvalue weighted by atomic mass is 10.1. The Morgan fingerprint density at radius 1 is 1.13 bits per heavy atom. The highest BCUT2D eigenvalue weighted by Crippen LogP contribution is 2.34. The fourth-order valence-electron chi connectivity index (χ4n) is 3.24. The van der Waals surface area contributed by atoms with Crippen molar-refractivity contribution in [2.24, 2.45) is 5.73 Å². The Morgan fingerprint density at radius 3 is 2.33 bits per heavy atom. The quantitative estimate of drug-likeness (QED) is 0.657. The van der Waals surface area contributed by atoms with E-state index in [2.05, 4.69) is 15.9 Å². The molecule has 1 atom stereocenters. The summed E-state index contributed by atoms with van der Waals surface area (Å²) >= 11 is 10.7. The number of amides is 2. The van der Waals surface area contributed by atoms with Gasteiger partial charge in [0, 0.05) is 42.5 Å². The summed E-state index contributed by atoms with van der Waals surface area (Å²) in [7, 11) is 0. The number of carbonyl (C=O) groups is 2. The summed E-state index contributed by atoms with van der Waals surface area (Å²) < 4.78 is 40.7. The molecule has 0 aliphatic carbocycles. The predicted molar refractivity (Wildman–Crippen MR) is 113 cm³/mol. The molecule has 11 heteroatoms. The molecule has 2 heterocycles. The number of nitrogens with zero attached hydrogens (tertiary/aromatic N) is 2. The van der Waals surface area contributed by atoms with Gasteiger partial charge in [-0.3, -0.25) is 9.59 Å². The molecule has 30 heavy (non-hydrogen) atoms. The van der Waals surface area contributed by atoms with Gasteiger partial charge in [-0.2, -0.15) is 13.2 Å². The van der Waals surface area contributed by atoms with E-state index in [1.165, 1.54) is 16.2 Å². The van der Waals surface area contributed by atoms with Crippen molar-refractivity contribution in [1.29, 1.82) is 0 Å². The normalized spacial score (nSPS) is 15.9. The van der Waals surface area contributed by atoms with Crippen LogP contribution in [0.2, 0.25) is 5.02 Å². The van der Waals surface area contributed by atoms with Gasteiger partial charge in [-0.25, -0.2) is 0 Å². The Bertz CT molecular complexity index is 945. The third-order valence-corrected chi connectivity index (χ3v) is 6.64. The number of benzene rings is 1. The summed E-state index contributed by atoms with van der Waals surface area (Å²) in [6.45, 7) is 0.639. The molecule has 0 bridgehead atoms. The molecule has 1 fully saturated rings. The van der Waals surface area contributed by atoms with Crippen molar-refractivity contribution in [3.8, 4) is 0 Å². The highest BCUT2D eigenvalue weighted by molar-refractivity contribution is 9.11. The maximum atomic E-state index is 13.3. The third kappa shape index (κ3) is 5.35. The molecule has 0 saturated carbocycles. The molecule has 5 nitrogen and oxygen atoms in total. The zero-order chi connectivity index (χ0) is 22.1. The molecule has 1 aliphatic rings. The minimum atomic E-state index is -4.67. The molecule has 2 amide bonds. The van der Waals surface area contributed by atoms with Crippen molar-refractivity contribution >= 4 is 50.7 Å². The van der Waals surface area contributed by atoms with Crippen LogP contribution >= 0.6 is 38.9 Å². The first-order valence-electron chi connectivity index (χ1n) is 9.01. The Hall–Kier alpha value is -1.62.